The van der Waals surface area contributed by atoms with Crippen molar-refractivity contribution in [3.8, 4) is 0 Å². The van der Waals surface area contributed by atoms with Gasteiger partial charge in [0.2, 0.25) is 5.91 Å². The number of thiocarbonyl (C=S) groups is 1. The lowest BCUT2D eigenvalue weighted by molar-refractivity contribution is -0.384. The van der Waals surface area contributed by atoms with Gasteiger partial charge in [-0.05, 0) is 17.4 Å². The van der Waals surface area contributed by atoms with Crippen LogP contribution in [0.15, 0.2) is 24.3 Å². The summed E-state index contributed by atoms with van der Waals surface area (Å²) in [5.41, 5.74) is 6.40. The van der Waals surface area contributed by atoms with E-state index in [-0.39, 0.29) is 22.0 Å². The molecular formula is C15H21N3O3S. The van der Waals surface area contributed by atoms with Gasteiger partial charge in [0.15, 0.2) is 0 Å². The predicted octanol–water partition coefficient (Wildman–Crippen LogP) is 2.34. The summed E-state index contributed by atoms with van der Waals surface area (Å²) in [7, 11) is 0. The van der Waals surface area contributed by atoms with Crippen LogP contribution >= 0.6 is 12.2 Å². The number of nitro groups is 1. The smallest absolute Gasteiger partial charge is 0.269 e. The van der Waals surface area contributed by atoms with Crippen molar-refractivity contribution >= 4 is 28.8 Å². The van der Waals surface area contributed by atoms with Crippen LogP contribution in [-0.4, -0.2) is 21.9 Å². The molecule has 22 heavy (non-hydrogen) atoms. The summed E-state index contributed by atoms with van der Waals surface area (Å²) >= 11 is 5.00. The van der Waals surface area contributed by atoms with Gasteiger partial charge in [-0.25, -0.2) is 0 Å². The number of benzene rings is 1. The van der Waals surface area contributed by atoms with Crippen LogP contribution in [0, 0.1) is 15.5 Å². The molecule has 1 rings (SSSR count). The van der Waals surface area contributed by atoms with Crippen LogP contribution in [0.3, 0.4) is 0 Å². The zero-order valence-electron chi connectivity index (χ0n) is 13.0. The molecule has 0 radical (unpaired) electrons. The van der Waals surface area contributed by atoms with Gasteiger partial charge >= 0.3 is 0 Å². The van der Waals surface area contributed by atoms with Gasteiger partial charge in [-0.1, -0.05) is 45.1 Å². The summed E-state index contributed by atoms with van der Waals surface area (Å²) in [6.45, 7) is 5.91. The van der Waals surface area contributed by atoms with Crippen LogP contribution in [0.5, 0.6) is 0 Å². The Bertz CT molecular complexity index is 564. The molecule has 7 heteroatoms. The number of nitrogens with one attached hydrogen (secondary N) is 1. The average molecular weight is 323 g/mol. The number of hydrogen-bond donors (Lipinski definition) is 2. The molecule has 0 spiro atoms. The maximum absolute atomic E-state index is 12.0. The molecular weight excluding hydrogens is 302 g/mol. The monoisotopic (exact) mass is 323 g/mol. The molecule has 6 nitrogen and oxygen atoms in total. The summed E-state index contributed by atoms with van der Waals surface area (Å²) in [5.74, 6) is -0.118. The van der Waals surface area contributed by atoms with E-state index >= 15 is 0 Å². The SMILES string of the molecule is CC(C)(C)CC(=O)N[C@@H](Cc1ccc([N+](=O)[O-])cc1)C(N)=S. The van der Waals surface area contributed by atoms with Crippen molar-refractivity contribution in [1.29, 1.82) is 0 Å². The van der Waals surface area contributed by atoms with E-state index in [1.807, 2.05) is 20.8 Å². The fraction of sp³-hybridized carbons (Fsp3) is 0.467. The lowest BCUT2D eigenvalue weighted by atomic mass is 9.91. The van der Waals surface area contributed by atoms with E-state index in [1.54, 1.807) is 12.1 Å². The second kappa shape index (κ2) is 7.31. The highest BCUT2D eigenvalue weighted by Gasteiger charge is 2.20. The third-order valence-corrected chi connectivity index (χ3v) is 3.24. The molecule has 0 aliphatic heterocycles. The summed E-state index contributed by atoms with van der Waals surface area (Å²) in [6, 6.07) is 5.65. The molecule has 0 saturated heterocycles. The molecule has 120 valence electrons. The first-order chi connectivity index (χ1) is 10.1. The van der Waals surface area contributed by atoms with Crippen molar-refractivity contribution in [3.63, 3.8) is 0 Å². The topological polar surface area (TPSA) is 98.3 Å². The van der Waals surface area contributed by atoms with Gasteiger partial charge in [-0.2, -0.15) is 0 Å². The first-order valence-electron chi connectivity index (χ1n) is 6.90. The molecule has 0 aliphatic carbocycles. The van der Waals surface area contributed by atoms with Crippen molar-refractivity contribution in [2.45, 2.75) is 39.7 Å². The van der Waals surface area contributed by atoms with E-state index < -0.39 is 11.0 Å². The maximum Gasteiger partial charge on any atom is 0.269 e. The number of rotatable bonds is 6. The van der Waals surface area contributed by atoms with Crippen LogP contribution in [-0.2, 0) is 11.2 Å². The number of carbonyl (C=O) groups excluding carboxylic acids is 1. The quantitative estimate of drug-likeness (QED) is 0.476. The molecule has 0 aliphatic rings. The summed E-state index contributed by atoms with van der Waals surface area (Å²) in [6.07, 6.45) is 0.773. The Balaban J connectivity index is 2.74. The predicted molar refractivity (Wildman–Crippen MR) is 89.6 cm³/mol. The van der Waals surface area contributed by atoms with Crippen LogP contribution in [0.25, 0.3) is 0 Å². The molecule has 0 unspecified atom stereocenters. The molecule has 1 amide bonds. The molecule has 0 aromatic heterocycles. The van der Waals surface area contributed by atoms with Gasteiger partial charge in [-0.3, -0.25) is 14.9 Å². The van der Waals surface area contributed by atoms with Crippen molar-refractivity contribution in [2.24, 2.45) is 11.1 Å². The number of carbonyl (C=O) groups is 1. The first-order valence-corrected chi connectivity index (χ1v) is 7.31. The van der Waals surface area contributed by atoms with Gasteiger partial charge in [0.25, 0.3) is 5.69 Å². The number of hydrogen-bond acceptors (Lipinski definition) is 4. The van der Waals surface area contributed by atoms with Crippen molar-refractivity contribution in [2.75, 3.05) is 0 Å². The van der Waals surface area contributed by atoms with E-state index in [9.17, 15) is 14.9 Å². The standard InChI is InChI=1S/C15H21N3O3S/c1-15(2,3)9-13(19)17-12(14(16)22)8-10-4-6-11(7-5-10)18(20)21/h4-7,12H,8-9H2,1-3H3,(H2,16,22)(H,17,19)/t12-/m0/s1. The Kier molecular flexibility index (Phi) is 5.99. The Morgan fingerprint density at radius 2 is 1.91 bits per heavy atom. The minimum absolute atomic E-state index is 0.0207. The fourth-order valence-corrected chi connectivity index (χ4v) is 2.08. The third kappa shape index (κ3) is 6.17. The zero-order valence-corrected chi connectivity index (χ0v) is 13.8. The molecule has 0 saturated carbocycles. The fourth-order valence-electron chi connectivity index (χ4n) is 1.94. The number of nitro benzene ring substituents is 1. The van der Waals surface area contributed by atoms with E-state index in [2.05, 4.69) is 5.32 Å². The Labute approximate surface area is 135 Å². The van der Waals surface area contributed by atoms with Crippen LogP contribution < -0.4 is 11.1 Å². The Morgan fingerprint density at radius 1 is 1.36 bits per heavy atom. The van der Waals surface area contributed by atoms with E-state index in [4.69, 9.17) is 18.0 Å². The van der Waals surface area contributed by atoms with Crippen molar-refractivity contribution < 1.29 is 9.72 Å². The highest BCUT2D eigenvalue weighted by molar-refractivity contribution is 7.80. The summed E-state index contributed by atoms with van der Waals surface area (Å²) in [5, 5.41) is 13.4. The maximum atomic E-state index is 12.0. The van der Waals surface area contributed by atoms with Crippen molar-refractivity contribution in [1.82, 2.24) is 5.32 Å². The van der Waals surface area contributed by atoms with E-state index in [1.165, 1.54) is 12.1 Å². The minimum Gasteiger partial charge on any atom is -0.392 e. The van der Waals surface area contributed by atoms with Crippen LogP contribution in [0.2, 0.25) is 0 Å². The molecule has 3 N–H and O–H groups in total. The number of non-ortho nitro benzene ring substituents is 1. The Morgan fingerprint density at radius 3 is 2.32 bits per heavy atom. The van der Waals surface area contributed by atoms with Crippen LogP contribution in [0.4, 0.5) is 5.69 Å². The van der Waals surface area contributed by atoms with Crippen molar-refractivity contribution in [3.05, 3.63) is 39.9 Å². The van der Waals surface area contributed by atoms with E-state index in [0.29, 0.717) is 12.8 Å². The average Bonchev–Trinajstić information content (AvgIpc) is 2.36. The molecule has 1 aromatic rings. The molecule has 0 bridgehead atoms. The second-order valence-electron chi connectivity index (χ2n) is 6.39. The number of nitrogens with zero attached hydrogens (tertiary/aromatic N) is 1. The van der Waals surface area contributed by atoms with Gasteiger partial charge in [0, 0.05) is 18.6 Å². The number of nitrogens with two attached hydrogens (primary N) is 1. The lowest BCUT2D eigenvalue weighted by Gasteiger charge is -2.22. The third-order valence-electron chi connectivity index (χ3n) is 2.96. The van der Waals surface area contributed by atoms with Crippen LogP contribution in [0.1, 0.15) is 32.8 Å². The van der Waals surface area contributed by atoms with Gasteiger partial charge in [0.05, 0.1) is 16.0 Å². The largest absolute Gasteiger partial charge is 0.392 e. The van der Waals surface area contributed by atoms with E-state index in [0.717, 1.165) is 5.56 Å². The molecule has 0 heterocycles. The minimum atomic E-state index is -0.466. The Hall–Kier alpha value is -2.02. The first kappa shape index (κ1) is 18.0. The molecule has 1 aromatic carbocycles. The summed E-state index contributed by atoms with van der Waals surface area (Å²) < 4.78 is 0. The zero-order chi connectivity index (χ0) is 16.9. The summed E-state index contributed by atoms with van der Waals surface area (Å²) in [4.78, 5) is 22.4. The highest BCUT2D eigenvalue weighted by atomic mass is 32.1. The lowest BCUT2D eigenvalue weighted by Crippen LogP contribution is -2.45. The van der Waals surface area contributed by atoms with Gasteiger partial charge in [-0.15, -0.1) is 0 Å². The van der Waals surface area contributed by atoms with Gasteiger partial charge < -0.3 is 11.1 Å². The normalized spacial score (nSPS) is 12.5. The highest BCUT2D eigenvalue weighted by Crippen LogP contribution is 2.18. The second-order valence-corrected chi connectivity index (χ2v) is 6.86. The van der Waals surface area contributed by atoms with Gasteiger partial charge in [0.1, 0.15) is 0 Å². The molecule has 1 atom stereocenters. The number of amides is 1. The molecule has 0 fully saturated rings.